The molecule has 1 aromatic rings. The number of pyridine rings is 1. The molecular weight excluding hydrogens is 376 g/mol. The highest BCUT2D eigenvalue weighted by Crippen LogP contribution is 2.45. The van der Waals surface area contributed by atoms with Crippen molar-refractivity contribution >= 4 is 5.91 Å². The number of nitrogens with zero attached hydrogens (tertiary/aromatic N) is 1. The molecule has 1 fully saturated rings. The Morgan fingerprint density at radius 2 is 1.89 bits per heavy atom. The molecule has 0 bridgehead atoms. The summed E-state index contributed by atoms with van der Waals surface area (Å²) in [5.41, 5.74) is -0.343. The van der Waals surface area contributed by atoms with Crippen molar-refractivity contribution < 1.29 is 27.1 Å². The van der Waals surface area contributed by atoms with Gasteiger partial charge in [0.2, 0.25) is 11.9 Å². The predicted octanol–water partition coefficient (Wildman–Crippen LogP) is 4.33. The van der Waals surface area contributed by atoms with Gasteiger partial charge in [-0.1, -0.05) is 6.07 Å². The van der Waals surface area contributed by atoms with Gasteiger partial charge in [0.15, 0.2) is 0 Å². The van der Waals surface area contributed by atoms with Gasteiger partial charge >= 0.3 is 0 Å². The van der Waals surface area contributed by atoms with Gasteiger partial charge in [0.1, 0.15) is 5.83 Å². The van der Waals surface area contributed by atoms with Crippen LogP contribution in [-0.2, 0) is 14.9 Å². The summed E-state index contributed by atoms with van der Waals surface area (Å²) in [6.07, 6.45) is 2.64. The van der Waals surface area contributed by atoms with Crippen molar-refractivity contribution in [2.24, 2.45) is 0 Å². The zero-order valence-electron chi connectivity index (χ0n) is 15.5. The van der Waals surface area contributed by atoms with Gasteiger partial charge in [-0.05, 0) is 30.5 Å². The number of rotatable bonds is 5. The van der Waals surface area contributed by atoms with Crippen molar-refractivity contribution in [2.45, 2.75) is 49.9 Å². The number of halogens is 4. The fourth-order valence-electron chi connectivity index (χ4n) is 3.72. The monoisotopic (exact) mass is 398 g/mol. The van der Waals surface area contributed by atoms with Crippen LogP contribution in [0.2, 0.25) is 0 Å². The highest BCUT2D eigenvalue weighted by Gasteiger charge is 2.44. The minimum Gasteiger partial charge on any atom is -0.501 e. The third-order valence-corrected chi connectivity index (χ3v) is 5.56. The molecule has 1 heterocycles. The number of nitrogens with one attached hydrogen (secondary N) is 1. The lowest BCUT2D eigenvalue weighted by Crippen LogP contribution is -2.45. The molecule has 1 saturated carbocycles. The number of ether oxygens (including phenoxy) is 1. The molecule has 28 heavy (non-hydrogen) atoms. The van der Waals surface area contributed by atoms with Crippen LogP contribution in [0, 0.1) is 5.95 Å². The average Bonchev–Trinajstić information content (AvgIpc) is 2.68. The van der Waals surface area contributed by atoms with Gasteiger partial charge in [0, 0.05) is 43.8 Å². The molecule has 4 nitrogen and oxygen atoms in total. The Labute approximate surface area is 160 Å². The van der Waals surface area contributed by atoms with Gasteiger partial charge in [0.05, 0.1) is 18.4 Å². The Morgan fingerprint density at radius 1 is 1.18 bits per heavy atom. The van der Waals surface area contributed by atoms with Crippen molar-refractivity contribution in [3.63, 3.8) is 0 Å². The summed E-state index contributed by atoms with van der Waals surface area (Å²) in [5.74, 6) is -4.10. The fraction of sp³-hybridized carbons (Fsp3) is 0.500. The zero-order chi connectivity index (χ0) is 20.4. The van der Waals surface area contributed by atoms with E-state index in [0.29, 0.717) is 17.7 Å². The zero-order valence-corrected chi connectivity index (χ0v) is 15.5. The van der Waals surface area contributed by atoms with Crippen LogP contribution in [0.5, 0.6) is 0 Å². The normalized spacial score (nSPS) is 21.1. The van der Waals surface area contributed by atoms with Crippen LogP contribution in [0.3, 0.4) is 0 Å². The highest BCUT2D eigenvalue weighted by atomic mass is 19.3. The molecule has 152 valence electrons. The van der Waals surface area contributed by atoms with Gasteiger partial charge in [-0.3, -0.25) is 4.79 Å². The maximum Gasteiger partial charge on any atom is 0.254 e. The largest absolute Gasteiger partial charge is 0.501 e. The molecule has 1 aromatic heterocycles. The number of allylic oxidation sites excluding steroid dienone is 2. The Morgan fingerprint density at radius 3 is 2.50 bits per heavy atom. The van der Waals surface area contributed by atoms with Crippen LogP contribution < -0.4 is 5.32 Å². The van der Waals surface area contributed by atoms with Gasteiger partial charge < -0.3 is 10.1 Å². The topological polar surface area (TPSA) is 51.2 Å². The molecule has 2 aliphatic carbocycles. The molecule has 8 heteroatoms. The summed E-state index contributed by atoms with van der Waals surface area (Å²) >= 11 is 0. The van der Waals surface area contributed by atoms with Crippen molar-refractivity contribution in [1.29, 1.82) is 0 Å². The lowest BCUT2D eigenvalue weighted by molar-refractivity contribution is -0.118. The molecular formula is C20H22F4N2O2. The standard InChI is InChI=1S/C20H22F4N2O2/c1-28-14-3-4-16(21)15(10-14)18(27)26-12-19(6-8-20(23,24)9-7-19)13-2-5-17(22)25-11-13/h2,5,10-11H,3-4,6-9,12H2,1H3,(H,26,27). The summed E-state index contributed by atoms with van der Waals surface area (Å²) in [4.78, 5) is 16.2. The highest BCUT2D eigenvalue weighted by molar-refractivity contribution is 5.97. The van der Waals surface area contributed by atoms with E-state index in [4.69, 9.17) is 4.74 Å². The first-order valence-corrected chi connectivity index (χ1v) is 9.16. The number of aromatic nitrogens is 1. The molecule has 0 aliphatic heterocycles. The van der Waals surface area contributed by atoms with Crippen molar-refractivity contribution in [2.75, 3.05) is 13.7 Å². The quantitative estimate of drug-likeness (QED) is 0.593. The molecule has 1 N–H and O–H groups in total. The Hall–Kier alpha value is -2.38. The first-order valence-electron chi connectivity index (χ1n) is 9.16. The average molecular weight is 398 g/mol. The van der Waals surface area contributed by atoms with Crippen molar-refractivity contribution in [3.8, 4) is 0 Å². The second-order valence-electron chi connectivity index (χ2n) is 7.32. The van der Waals surface area contributed by atoms with Crippen LogP contribution in [0.15, 0.2) is 41.6 Å². The van der Waals surface area contributed by atoms with Crippen LogP contribution in [0.25, 0.3) is 0 Å². The molecule has 1 amide bonds. The van der Waals surface area contributed by atoms with E-state index in [9.17, 15) is 22.4 Å². The summed E-state index contributed by atoms with van der Waals surface area (Å²) in [7, 11) is 1.45. The van der Waals surface area contributed by atoms with Gasteiger partial charge in [-0.2, -0.15) is 4.39 Å². The van der Waals surface area contributed by atoms with Gasteiger partial charge in [-0.15, -0.1) is 0 Å². The molecule has 0 spiro atoms. The van der Waals surface area contributed by atoms with E-state index in [2.05, 4.69) is 10.3 Å². The minimum atomic E-state index is -2.77. The SMILES string of the molecule is COC1=CC(C(=O)NCC2(c3ccc(F)nc3)CCC(F)(F)CC2)=C(F)CC1. The van der Waals surface area contributed by atoms with Crippen molar-refractivity contribution in [1.82, 2.24) is 10.3 Å². The van der Waals surface area contributed by atoms with E-state index in [1.54, 1.807) is 0 Å². The lowest BCUT2D eigenvalue weighted by atomic mass is 9.68. The second-order valence-corrected chi connectivity index (χ2v) is 7.32. The number of carbonyl (C=O) groups excluding carboxylic acids is 1. The first-order chi connectivity index (χ1) is 13.2. The van der Waals surface area contributed by atoms with Crippen LogP contribution in [0.4, 0.5) is 17.6 Å². The molecule has 2 aliphatic rings. The van der Waals surface area contributed by atoms with E-state index in [1.807, 2.05) is 0 Å². The molecule has 0 aromatic carbocycles. The van der Waals surface area contributed by atoms with E-state index in [-0.39, 0.29) is 44.2 Å². The molecule has 0 radical (unpaired) electrons. The number of hydrogen-bond acceptors (Lipinski definition) is 3. The molecule has 3 rings (SSSR count). The number of carbonyl (C=O) groups is 1. The smallest absolute Gasteiger partial charge is 0.254 e. The van der Waals surface area contributed by atoms with Crippen LogP contribution in [-0.4, -0.2) is 30.5 Å². The summed E-state index contributed by atoms with van der Waals surface area (Å²) in [6, 6.07) is 2.67. The van der Waals surface area contributed by atoms with Gasteiger partial charge in [0.25, 0.3) is 5.91 Å². The number of hydrogen-bond donors (Lipinski definition) is 1. The second kappa shape index (κ2) is 7.93. The third-order valence-electron chi connectivity index (χ3n) is 5.56. The van der Waals surface area contributed by atoms with Crippen molar-refractivity contribution in [3.05, 3.63) is 53.1 Å². The van der Waals surface area contributed by atoms with Crippen LogP contribution in [0.1, 0.15) is 44.1 Å². The van der Waals surface area contributed by atoms with E-state index in [1.165, 1.54) is 31.5 Å². The molecule has 0 unspecified atom stereocenters. The number of amides is 1. The Balaban J connectivity index is 1.80. The maximum atomic E-state index is 14.1. The Kier molecular flexibility index (Phi) is 5.76. The van der Waals surface area contributed by atoms with Crippen LogP contribution >= 0.6 is 0 Å². The number of methoxy groups -OCH3 is 1. The number of alkyl halides is 2. The van der Waals surface area contributed by atoms with Gasteiger partial charge in [-0.25, -0.2) is 18.2 Å². The lowest BCUT2D eigenvalue weighted by Gasteiger charge is -2.40. The Bertz CT molecular complexity index is 793. The fourth-order valence-corrected chi connectivity index (χ4v) is 3.72. The summed E-state index contributed by atoms with van der Waals surface area (Å²) in [5, 5.41) is 2.68. The molecule has 0 atom stereocenters. The van der Waals surface area contributed by atoms with E-state index < -0.39 is 29.0 Å². The predicted molar refractivity (Wildman–Crippen MR) is 94.8 cm³/mol. The maximum absolute atomic E-state index is 14.1. The third kappa shape index (κ3) is 4.36. The van der Waals surface area contributed by atoms with E-state index >= 15 is 0 Å². The minimum absolute atomic E-state index is 0.0299. The summed E-state index contributed by atoms with van der Waals surface area (Å²) < 4.78 is 59.8. The molecule has 0 saturated heterocycles. The summed E-state index contributed by atoms with van der Waals surface area (Å²) in [6.45, 7) is 0.0299. The first kappa shape index (κ1) is 20.4. The van der Waals surface area contributed by atoms with E-state index in [0.717, 1.165) is 0 Å².